The number of aryl methyl sites for hydroxylation is 1. The standard InChI is InChI=1S/C28H26ClN5O/c29-23-12-14-24(15-13-23)33-34-27-22(18-26(30)32-28(27)31)17-20-9-4-10-21(16-20)25(35)11-5-8-19-6-2-1-3-7-19/h1-4,6-7,9-10,12-16,18H,5,8,11,17H2,(H4,30,31,32). The summed E-state index contributed by atoms with van der Waals surface area (Å²) in [7, 11) is 0. The summed E-state index contributed by atoms with van der Waals surface area (Å²) in [5, 5.41) is 9.23. The molecule has 1 heterocycles. The number of ketones is 1. The van der Waals surface area contributed by atoms with Gasteiger partial charge in [0.05, 0.1) is 5.69 Å². The number of pyridine rings is 1. The van der Waals surface area contributed by atoms with Crippen LogP contribution in [0, 0.1) is 0 Å². The number of benzene rings is 3. The molecule has 0 amide bonds. The molecule has 0 bridgehead atoms. The summed E-state index contributed by atoms with van der Waals surface area (Å²) in [5.41, 5.74) is 16.8. The van der Waals surface area contributed by atoms with Gasteiger partial charge in [0, 0.05) is 17.0 Å². The number of aromatic nitrogens is 1. The summed E-state index contributed by atoms with van der Waals surface area (Å²) in [6.45, 7) is 0. The molecule has 0 saturated heterocycles. The maximum absolute atomic E-state index is 12.8. The number of carbonyl (C=O) groups is 1. The highest BCUT2D eigenvalue weighted by Crippen LogP contribution is 2.31. The molecule has 4 rings (SSSR count). The van der Waals surface area contributed by atoms with Crippen molar-refractivity contribution in [3.63, 3.8) is 0 Å². The number of halogens is 1. The predicted octanol–water partition coefficient (Wildman–Crippen LogP) is 7.11. The monoisotopic (exact) mass is 483 g/mol. The quantitative estimate of drug-likeness (QED) is 0.195. The summed E-state index contributed by atoms with van der Waals surface area (Å²) in [4.78, 5) is 16.9. The third-order valence-corrected chi connectivity index (χ3v) is 5.82. The van der Waals surface area contributed by atoms with Crippen LogP contribution < -0.4 is 11.5 Å². The number of carbonyl (C=O) groups excluding carboxylic acids is 1. The Kier molecular flexibility index (Phi) is 7.85. The Morgan fingerprint density at radius 1 is 0.857 bits per heavy atom. The molecule has 4 N–H and O–H groups in total. The first-order valence-electron chi connectivity index (χ1n) is 11.4. The van der Waals surface area contributed by atoms with Crippen LogP contribution in [-0.2, 0) is 12.8 Å². The Bertz CT molecular complexity index is 1340. The van der Waals surface area contributed by atoms with Crippen LogP contribution in [0.4, 0.5) is 23.0 Å². The second-order valence-electron chi connectivity index (χ2n) is 8.26. The third kappa shape index (κ3) is 6.74. The Balaban J connectivity index is 1.49. The van der Waals surface area contributed by atoms with E-state index in [-0.39, 0.29) is 11.6 Å². The first kappa shape index (κ1) is 24.1. The molecule has 6 nitrogen and oxygen atoms in total. The van der Waals surface area contributed by atoms with Gasteiger partial charge in [0.1, 0.15) is 11.5 Å². The summed E-state index contributed by atoms with van der Waals surface area (Å²) in [6.07, 6.45) is 2.66. The average Bonchev–Trinajstić information content (AvgIpc) is 2.85. The SMILES string of the molecule is Nc1cc(Cc2cccc(C(=O)CCCc3ccccc3)c2)c(N=Nc2ccc(Cl)cc2)c(N)n1. The van der Waals surface area contributed by atoms with Crippen molar-refractivity contribution >= 4 is 40.4 Å². The van der Waals surface area contributed by atoms with Gasteiger partial charge in [0.25, 0.3) is 0 Å². The smallest absolute Gasteiger partial charge is 0.162 e. The van der Waals surface area contributed by atoms with E-state index in [9.17, 15) is 4.79 Å². The number of nitrogen functional groups attached to an aromatic ring is 2. The van der Waals surface area contributed by atoms with E-state index in [0.29, 0.717) is 40.6 Å². The lowest BCUT2D eigenvalue weighted by Gasteiger charge is -2.10. The molecule has 0 aliphatic heterocycles. The normalized spacial score (nSPS) is 11.1. The van der Waals surface area contributed by atoms with E-state index in [1.165, 1.54) is 5.56 Å². The molecule has 0 atom stereocenters. The minimum atomic E-state index is 0.124. The van der Waals surface area contributed by atoms with E-state index in [2.05, 4.69) is 27.3 Å². The molecule has 0 aliphatic rings. The molecular weight excluding hydrogens is 458 g/mol. The van der Waals surface area contributed by atoms with Gasteiger partial charge in [0.2, 0.25) is 0 Å². The lowest BCUT2D eigenvalue weighted by Crippen LogP contribution is -2.03. The van der Waals surface area contributed by atoms with Crippen molar-refractivity contribution in [2.45, 2.75) is 25.7 Å². The zero-order valence-corrected chi connectivity index (χ0v) is 19.9. The van der Waals surface area contributed by atoms with E-state index in [0.717, 1.165) is 24.0 Å². The first-order chi connectivity index (χ1) is 17.0. The second kappa shape index (κ2) is 11.4. The molecular formula is C28H26ClN5O. The number of azo groups is 1. The molecule has 7 heteroatoms. The highest BCUT2D eigenvalue weighted by atomic mass is 35.5. The summed E-state index contributed by atoms with van der Waals surface area (Å²) in [6, 6.07) is 26.6. The van der Waals surface area contributed by atoms with Gasteiger partial charge in [-0.1, -0.05) is 60.1 Å². The van der Waals surface area contributed by atoms with Gasteiger partial charge in [-0.05, 0) is 72.4 Å². The van der Waals surface area contributed by atoms with Gasteiger partial charge in [-0.15, -0.1) is 5.11 Å². The van der Waals surface area contributed by atoms with Crippen LogP contribution in [0.25, 0.3) is 0 Å². The van der Waals surface area contributed by atoms with E-state index < -0.39 is 0 Å². The molecule has 0 fully saturated rings. The number of nitrogens with zero attached hydrogens (tertiary/aromatic N) is 3. The number of nitrogens with two attached hydrogens (primary N) is 2. The molecule has 35 heavy (non-hydrogen) atoms. The molecule has 0 radical (unpaired) electrons. The van der Waals surface area contributed by atoms with Crippen molar-refractivity contribution in [1.82, 2.24) is 4.98 Å². The van der Waals surface area contributed by atoms with Gasteiger partial charge >= 0.3 is 0 Å². The summed E-state index contributed by atoms with van der Waals surface area (Å²) < 4.78 is 0. The number of anilines is 2. The lowest BCUT2D eigenvalue weighted by atomic mass is 9.98. The van der Waals surface area contributed by atoms with Crippen LogP contribution in [-0.4, -0.2) is 10.8 Å². The Hall–Kier alpha value is -4.03. The minimum Gasteiger partial charge on any atom is -0.384 e. The summed E-state index contributed by atoms with van der Waals surface area (Å²) >= 11 is 5.94. The zero-order valence-electron chi connectivity index (χ0n) is 19.2. The fourth-order valence-electron chi connectivity index (χ4n) is 3.82. The molecule has 0 aliphatic carbocycles. The molecule has 3 aromatic carbocycles. The van der Waals surface area contributed by atoms with Crippen LogP contribution in [0.15, 0.2) is 95.2 Å². The second-order valence-corrected chi connectivity index (χ2v) is 8.69. The maximum Gasteiger partial charge on any atom is 0.162 e. The predicted molar refractivity (Wildman–Crippen MR) is 142 cm³/mol. The maximum atomic E-state index is 12.8. The Morgan fingerprint density at radius 3 is 2.37 bits per heavy atom. The van der Waals surface area contributed by atoms with Crippen molar-refractivity contribution in [1.29, 1.82) is 0 Å². The van der Waals surface area contributed by atoms with E-state index in [1.54, 1.807) is 30.3 Å². The third-order valence-electron chi connectivity index (χ3n) is 5.57. The number of rotatable bonds is 9. The lowest BCUT2D eigenvalue weighted by molar-refractivity contribution is 0.0980. The fourth-order valence-corrected chi connectivity index (χ4v) is 3.94. The Labute approximate surface area is 209 Å². The van der Waals surface area contributed by atoms with Gasteiger partial charge in [-0.25, -0.2) is 4.98 Å². The molecule has 176 valence electrons. The highest BCUT2D eigenvalue weighted by Gasteiger charge is 2.12. The Morgan fingerprint density at radius 2 is 1.60 bits per heavy atom. The number of hydrogen-bond acceptors (Lipinski definition) is 6. The molecule has 0 unspecified atom stereocenters. The van der Waals surface area contributed by atoms with Crippen molar-refractivity contribution in [2.24, 2.45) is 10.2 Å². The first-order valence-corrected chi connectivity index (χ1v) is 11.7. The van der Waals surface area contributed by atoms with Gasteiger partial charge in [0.15, 0.2) is 11.6 Å². The van der Waals surface area contributed by atoms with Gasteiger partial charge in [-0.3, -0.25) is 4.79 Å². The zero-order chi connectivity index (χ0) is 24.6. The average molecular weight is 484 g/mol. The molecule has 1 aromatic heterocycles. The number of hydrogen-bond donors (Lipinski definition) is 2. The summed E-state index contributed by atoms with van der Waals surface area (Å²) in [5.74, 6) is 0.626. The minimum absolute atomic E-state index is 0.124. The molecule has 4 aromatic rings. The van der Waals surface area contributed by atoms with Crippen LogP contribution in [0.3, 0.4) is 0 Å². The van der Waals surface area contributed by atoms with Crippen LogP contribution in [0.1, 0.15) is 39.9 Å². The molecule has 0 saturated carbocycles. The highest BCUT2D eigenvalue weighted by molar-refractivity contribution is 6.30. The largest absolute Gasteiger partial charge is 0.384 e. The van der Waals surface area contributed by atoms with E-state index >= 15 is 0 Å². The van der Waals surface area contributed by atoms with Crippen molar-refractivity contribution in [3.8, 4) is 0 Å². The fraction of sp³-hybridized carbons (Fsp3) is 0.143. The molecule has 0 spiro atoms. The van der Waals surface area contributed by atoms with E-state index in [4.69, 9.17) is 23.1 Å². The van der Waals surface area contributed by atoms with Crippen LogP contribution >= 0.6 is 11.6 Å². The van der Waals surface area contributed by atoms with Gasteiger partial charge in [-0.2, -0.15) is 5.11 Å². The van der Waals surface area contributed by atoms with Crippen molar-refractivity contribution in [2.75, 3.05) is 11.5 Å². The van der Waals surface area contributed by atoms with Crippen molar-refractivity contribution < 1.29 is 4.79 Å². The number of Topliss-reactive ketones (excluding diaryl/α,β-unsaturated/α-hetero) is 1. The van der Waals surface area contributed by atoms with Crippen LogP contribution in [0.5, 0.6) is 0 Å². The van der Waals surface area contributed by atoms with E-state index in [1.807, 2.05) is 42.5 Å². The topological polar surface area (TPSA) is 107 Å². The van der Waals surface area contributed by atoms with Gasteiger partial charge < -0.3 is 11.5 Å². The van der Waals surface area contributed by atoms with Crippen molar-refractivity contribution in [3.05, 3.63) is 112 Å². The van der Waals surface area contributed by atoms with Crippen LogP contribution in [0.2, 0.25) is 5.02 Å².